The SMILES string of the molecule is COC1CCC=CCCC=CCCC1=NO. The van der Waals surface area contributed by atoms with Crippen LogP contribution in [0, 0.1) is 0 Å². The number of allylic oxidation sites excluding steroid dienone is 4. The van der Waals surface area contributed by atoms with Crippen molar-refractivity contribution in [3.05, 3.63) is 24.3 Å². The van der Waals surface area contributed by atoms with Crippen molar-refractivity contribution in [3.63, 3.8) is 0 Å². The number of nitrogens with zero attached hydrogens (tertiary/aromatic N) is 1. The van der Waals surface area contributed by atoms with Crippen molar-refractivity contribution in [3.8, 4) is 0 Å². The summed E-state index contributed by atoms with van der Waals surface area (Å²) in [6.07, 6.45) is 14.4. The summed E-state index contributed by atoms with van der Waals surface area (Å²) in [6, 6.07) is 0. The van der Waals surface area contributed by atoms with Gasteiger partial charge in [0.15, 0.2) is 0 Å². The topological polar surface area (TPSA) is 41.8 Å². The number of methoxy groups -OCH3 is 1. The van der Waals surface area contributed by atoms with Crippen molar-refractivity contribution in [2.24, 2.45) is 5.16 Å². The van der Waals surface area contributed by atoms with Crippen LogP contribution in [0.2, 0.25) is 0 Å². The maximum atomic E-state index is 8.96. The van der Waals surface area contributed by atoms with Gasteiger partial charge >= 0.3 is 0 Å². The highest BCUT2D eigenvalue weighted by atomic mass is 16.5. The van der Waals surface area contributed by atoms with Crippen LogP contribution in [0.3, 0.4) is 0 Å². The molecule has 0 fully saturated rings. The van der Waals surface area contributed by atoms with E-state index in [9.17, 15) is 0 Å². The molecule has 0 bridgehead atoms. The van der Waals surface area contributed by atoms with E-state index in [2.05, 4.69) is 29.5 Å². The molecule has 1 rings (SSSR count). The van der Waals surface area contributed by atoms with Gasteiger partial charge in [0.25, 0.3) is 0 Å². The lowest BCUT2D eigenvalue weighted by molar-refractivity contribution is 0.143. The highest BCUT2D eigenvalue weighted by Crippen LogP contribution is 2.11. The fourth-order valence-corrected chi connectivity index (χ4v) is 1.84. The molecule has 0 aliphatic heterocycles. The van der Waals surface area contributed by atoms with Gasteiger partial charge in [-0.2, -0.15) is 0 Å². The van der Waals surface area contributed by atoms with E-state index in [4.69, 9.17) is 9.94 Å². The lowest BCUT2D eigenvalue weighted by Gasteiger charge is -2.15. The molecule has 1 unspecified atom stereocenters. The van der Waals surface area contributed by atoms with E-state index in [1.165, 1.54) is 0 Å². The fraction of sp³-hybridized carbons (Fsp3) is 0.615. The largest absolute Gasteiger partial charge is 0.411 e. The zero-order valence-electron chi connectivity index (χ0n) is 9.93. The number of hydrogen-bond donors (Lipinski definition) is 1. The van der Waals surface area contributed by atoms with Crippen LogP contribution in [0.1, 0.15) is 38.5 Å². The van der Waals surface area contributed by atoms with E-state index in [0.717, 1.165) is 44.2 Å². The molecule has 1 atom stereocenters. The highest BCUT2D eigenvalue weighted by molar-refractivity contribution is 5.88. The maximum Gasteiger partial charge on any atom is 0.0988 e. The van der Waals surface area contributed by atoms with Gasteiger partial charge in [-0.05, 0) is 38.5 Å². The van der Waals surface area contributed by atoms with Crippen molar-refractivity contribution < 1.29 is 9.94 Å². The standard InChI is InChI=1S/C13H21NO2/c1-16-13-11-9-7-5-3-2-4-6-8-10-12(13)14-15/h4-7,13,15H,2-3,8-11H2,1H3. The average molecular weight is 223 g/mol. The second-order valence-corrected chi connectivity index (χ2v) is 3.95. The molecule has 0 saturated heterocycles. The minimum absolute atomic E-state index is 0.0533. The van der Waals surface area contributed by atoms with Crippen LogP contribution in [-0.4, -0.2) is 24.1 Å². The monoisotopic (exact) mass is 223 g/mol. The first-order valence-electron chi connectivity index (χ1n) is 5.92. The molecule has 3 nitrogen and oxygen atoms in total. The Kier molecular flexibility index (Phi) is 6.58. The second kappa shape index (κ2) is 8.11. The molecule has 1 aliphatic carbocycles. The average Bonchev–Trinajstić information content (AvgIpc) is 2.30. The Bertz CT molecular complexity index is 269. The van der Waals surface area contributed by atoms with Crippen LogP contribution < -0.4 is 0 Å². The molecular weight excluding hydrogens is 202 g/mol. The van der Waals surface area contributed by atoms with Crippen LogP contribution in [0.15, 0.2) is 29.5 Å². The summed E-state index contributed by atoms with van der Waals surface area (Å²) in [7, 11) is 1.67. The normalized spacial score (nSPS) is 26.3. The van der Waals surface area contributed by atoms with Gasteiger partial charge in [0, 0.05) is 7.11 Å². The highest BCUT2D eigenvalue weighted by Gasteiger charge is 2.14. The molecule has 0 aromatic carbocycles. The van der Waals surface area contributed by atoms with E-state index in [0.29, 0.717) is 0 Å². The third-order valence-corrected chi connectivity index (χ3v) is 2.78. The van der Waals surface area contributed by atoms with Crippen molar-refractivity contribution in [2.45, 2.75) is 44.6 Å². The molecule has 1 N–H and O–H groups in total. The van der Waals surface area contributed by atoms with Gasteiger partial charge in [0.1, 0.15) is 0 Å². The summed E-state index contributed by atoms with van der Waals surface area (Å²) < 4.78 is 5.35. The van der Waals surface area contributed by atoms with Gasteiger partial charge in [0.2, 0.25) is 0 Å². The second-order valence-electron chi connectivity index (χ2n) is 3.95. The number of hydrogen-bond acceptors (Lipinski definition) is 3. The van der Waals surface area contributed by atoms with Crippen LogP contribution in [-0.2, 0) is 4.74 Å². The number of oxime groups is 1. The van der Waals surface area contributed by atoms with Gasteiger partial charge in [-0.1, -0.05) is 29.5 Å². The van der Waals surface area contributed by atoms with Crippen molar-refractivity contribution in [1.29, 1.82) is 0 Å². The minimum atomic E-state index is -0.0533. The molecule has 0 aromatic heterocycles. The third kappa shape index (κ3) is 4.62. The molecule has 0 spiro atoms. The van der Waals surface area contributed by atoms with Crippen molar-refractivity contribution >= 4 is 5.71 Å². The summed E-state index contributed by atoms with van der Waals surface area (Å²) in [5, 5.41) is 12.3. The van der Waals surface area contributed by atoms with Crippen LogP contribution in [0.4, 0.5) is 0 Å². The molecule has 0 amide bonds. The zero-order chi connectivity index (χ0) is 11.6. The predicted molar refractivity (Wildman–Crippen MR) is 66.0 cm³/mol. The summed E-state index contributed by atoms with van der Waals surface area (Å²) in [5.41, 5.74) is 0.751. The number of ether oxygens (including phenoxy) is 1. The summed E-state index contributed by atoms with van der Waals surface area (Å²) in [6.45, 7) is 0. The quantitative estimate of drug-likeness (QED) is 0.421. The lowest BCUT2D eigenvalue weighted by Crippen LogP contribution is -2.23. The molecule has 3 heteroatoms. The lowest BCUT2D eigenvalue weighted by atomic mass is 10.0. The Morgan fingerprint density at radius 1 is 1.12 bits per heavy atom. The first-order valence-corrected chi connectivity index (χ1v) is 5.92. The Morgan fingerprint density at radius 3 is 2.38 bits per heavy atom. The molecule has 1 aliphatic rings. The van der Waals surface area contributed by atoms with E-state index >= 15 is 0 Å². The van der Waals surface area contributed by atoms with Gasteiger partial charge < -0.3 is 9.94 Å². The first-order chi connectivity index (χ1) is 7.88. The molecular formula is C13H21NO2. The van der Waals surface area contributed by atoms with E-state index < -0.39 is 0 Å². The fourth-order valence-electron chi connectivity index (χ4n) is 1.84. The van der Waals surface area contributed by atoms with Gasteiger partial charge in [-0.3, -0.25) is 0 Å². The Morgan fingerprint density at radius 2 is 1.75 bits per heavy atom. The van der Waals surface area contributed by atoms with Crippen LogP contribution >= 0.6 is 0 Å². The predicted octanol–water partition coefficient (Wildman–Crippen LogP) is 3.30. The third-order valence-electron chi connectivity index (χ3n) is 2.78. The van der Waals surface area contributed by atoms with E-state index in [1.807, 2.05) is 0 Å². The van der Waals surface area contributed by atoms with Crippen LogP contribution in [0.25, 0.3) is 0 Å². The Labute approximate surface area is 97.5 Å². The zero-order valence-corrected chi connectivity index (χ0v) is 9.93. The summed E-state index contributed by atoms with van der Waals surface area (Å²) in [5.74, 6) is 0. The minimum Gasteiger partial charge on any atom is -0.411 e. The van der Waals surface area contributed by atoms with E-state index in [1.54, 1.807) is 7.11 Å². The van der Waals surface area contributed by atoms with Gasteiger partial charge in [0.05, 0.1) is 11.8 Å². The summed E-state index contributed by atoms with van der Waals surface area (Å²) >= 11 is 0. The molecule has 0 radical (unpaired) electrons. The van der Waals surface area contributed by atoms with Crippen molar-refractivity contribution in [2.75, 3.05) is 7.11 Å². The smallest absolute Gasteiger partial charge is 0.0988 e. The Hall–Kier alpha value is -1.09. The molecule has 16 heavy (non-hydrogen) atoms. The molecule has 90 valence electrons. The molecule has 0 heterocycles. The van der Waals surface area contributed by atoms with Gasteiger partial charge in [-0.25, -0.2) is 0 Å². The molecule has 0 aromatic rings. The Balaban J connectivity index is 2.61. The van der Waals surface area contributed by atoms with Gasteiger partial charge in [-0.15, -0.1) is 0 Å². The first kappa shape index (κ1) is 13.0. The maximum absolute atomic E-state index is 8.96. The van der Waals surface area contributed by atoms with Crippen LogP contribution in [0.5, 0.6) is 0 Å². The summed E-state index contributed by atoms with van der Waals surface area (Å²) in [4.78, 5) is 0. The number of rotatable bonds is 1. The van der Waals surface area contributed by atoms with Crippen molar-refractivity contribution in [1.82, 2.24) is 0 Å². The van der Waals surface area contributed by atoms with E-state index in [-0.39, 0.29) is 6.10 Å². The molecule has 0 saturated carbocycles.